The van der Waals surface area contributed by atoms with Crippen LogP contribution in [0.5, 0.6) is 0 Å². The summed E-state index contributed by atoms with van der Waals surface area (Å²) in [5.41, 5.74) is 0. The Hall–Kier alpha value is -1.79. The maximum Gasteiger partial charge on any atom is 0.549 e. The van der Waals surface area contributed by atoms with E-state index in [1.54, 1.807) is 0 Å². The summed E-state index contributed by atoms with van der Waals surface area (Å²) in [5.74, 6) is -1.74. The molecule has 0 bridgehead atoms. The Labute approximate surface area is 110 Å². The zero-order valence-electron chi connectivity index (χ0n) is 10.6. The highest BCUT2D eigenvalue weighted by Crippen LogP contribution is 2.24. The quantitative estimate of drug-likeness (QED) is 0.354. The fourth-order valence-electron chi connectivity index (χ4n) is 1.88. The van der Waals surface area contributed by atoms with E-state index in [0.29, 0.717) is 0 Å². The Morgan fingerprint density at radius 1 is 1.05 bits per heavy atom. The first-order chi connectivity index (χ1) is 9.09. The number of rotatable bonds is 5. The summed E-state index contributed by atoms with van der Waals surface area (Å²) in [6, 6.07) is 0. The largest absolute Gasteiger partial charge is 0.549 e. The number of carboxylic acids is 1. The fraction of sp³-hybridized carbons (Fsp3) is 0.750. The van der Waals surface area contributed by atoms with Gasteiger partial charge in [-0.25, -0.2) is 14.6 Å². The molecule has 0 unspecified atom stereocenters. The predicted molar refractivity (Wildman–Crippen MR) is 62.0 cm³/mol. The van der Waals surface area contributed by atoms with E-state index in [9.17, 15) is 14.4 Å². The van der Waals surface area contributed by atoms with E-state index in [1.807, 2.05) is 0 Å². The summed E-state index contributed by atoms with van der Waals surface area (Å²) < 4.78 is 4.53. The summed E-state index contributed by atoms with van der Waals surface area (Å²) in [6.45, 7) is -0.0912. The lowest BCUT2D eigenvalue weighted by Crippen LogP contribution is -2.22. The van der Waals surface area contributed by atoms with Gasteiger partial charge >= 0.3 is 18.1 Å². The van der Waals surface area contributed by atoms with Gasteiger partial charge in [0, 0.05) is 6.42 Å². The standard InChI is InChI=1S/C12H18O7/c13-10(14)7-4-8-17-12(16)19-18-11(15)9-5-2-1-3-6-9/h9H,1-8H2,(H,13,14). The molecule has 1 rings (SSSR count). The lowest BCUT2D eigenvalue weighted by atomic mass is 9.89. The van der Waals surface area contributed by atoms with Gasteiger partial charge in [0.15, 0.2) is 0 Å². The topological polar surface area (TPSA) is 99.1 Å². The first-order valence-corrected chi connectivity index (χ1v) is 6.36. The Kier molecular flexibility index (Phi) is 6.70. The van der Waals surface area contributed by atoms with E-state index in [4.69, 9.17) is 5.11 Å². The van der Waals surface area contributed by atoms with Crippen LogP contribution >= 0.6 is 0 Å². The van der Waals surface area contributed by atoms with Crippen LogP contribution in [0.2, 0.25) is 0 Å². The van der Waals surface area contributed by atoms with E-state index in [0.717, 1.165) is 32.1 Å². The summed E-state index contributed by atoms with van der Waals surface area (Å²) in [5, 5.41) is 8.36. The summed E-state index contributed by atoms with van der Waals surface area (Å²) in [4.78, 5) is 41.3. The zero-order valence-corrected chi connectivity index (χ0v) is 10.6. The average molecular weight is 274 g/mol. The molecule has 0 amide bonds. The van der Waals surface area contributed by atoms with Crippen LogP contribution in [0, 0.1) is 5.92 Å². The minimum Gasteiger partial charge on any atom is -0.481 e. The van der Waals surface area contributed by atoms with Gasteiger partial charge < -0.3 is 9.84 Å². The second-order valence-corrected chi connectivity index (χ2v) is 4.42. The number of carboxylic acid groups (broad SMARTS) is 1. The van der Waals surface area contributed by atoms with Crippen molar-refractivity contribution in [2.75, 3.05) is 6.61 Å². The number of carbonyl (C=O) groups excluding carboxylic acids is 2. The van der Waals surface area contributed by atoms with Crippen molar-refractivity contribution in [1.29, 1.82) is 0 Å². The minimum absolute atomic E-state index is 0.0912. The number of aliphatic carboxylic acids is 1. The average Bonchev–Trinajstić information content (AvgIpc) is 2.41. The van der Waals surface area contributed by atoms with Crippen LogP contribution in [0.25, 0.3) is 0 Å². The first-order valence-electron chi connectivity index (χ1n) is 6.36. The molecule has 0 atom stereocenters. The normalized spacial score (nSPS) is 15.6. The fourth-order valence-corrected chi connectivity index (χ4v) is 1.88. The van der Waals surface area contributed by atoms with Crippen LogP contribution < -0.4 is 0 Å². The molecule has 1 N–H and O–H groups in total. The Morgan fingerprint density at radius 3 is 2.37 bits per heavy atom. The van der Waals surface area contributed by atoms with Gasteiger partial charge in [0.05, 0.1) is 12.5 Å². The van der Waals surface area contributed by atoms with Crippen molar-refractivity contribution in [3.63, 3.8) is 0 Å². The predicted octanol–water partition coefficient (Wildman–Crippen LogP) is 2.04. The third-order valence-corrected chi connectivity index (χ3v) is 2.89. The number of hydrogen-bond donors (Lipinski definition) is 1. The van der Waals surface area contributed by atoms with E-state index in [-0.39, 0.29) is 25.4 Å². The molecule has 0 heterocycles. The van der Waals surface area contributed by atoms with Crippen molar-refractivity contribution >= 4 is 18.1 Å². The van der Waals surface area contributed by atoms with Gasteiger partial charge in [-0.05, 0) is 19.3 Å². The molecule has 108 valence electrons. The van der Waals surface area contributed by atoms with E-state index >= 15 is 0 Å². The molecule has 0 aliphatic heterocycles. The van der Waals surface area contributed by atoms with E-state index in [1.165, 1.54) is 0 Å². The molecule has 7 nitrogen and oxygen atoms in total. The van der Waals surface area contributed by atoms with Crippen molar-refractivity contribution in [2.45, 2.75) is 44.9 Å². The summed E-state index contributed by atoms with van der Waals surface area (Å²) >= 11 is 0. The zero-order chi connectivity index (χ0) is 14.1. The lowest BCUT2D eigenvalue weighted by Gasteiger charge is -2.18. The number of hydrogen-bond acceptors (Lipinski definition) is 6. The summed E-state index contributed by atoms with van der Waals surface area (Å²) in [7, 11) is 0. The van der Waals surface area contributed by atoms with Gasteiger partial charge in [-0.2, -0.15) is 4.79 Å². The number of carbonyl (C=O) groups is 3. The van der Waals surface area contributed by atoms with Gasteiger partial charge in [-0.1, -0.05) is 19.3 Å². The second-order valence-electron chi connectivity index (χ2n) is 4.42. The molecule has 1 fully saturated rings. The Morgan fingerprint density at radius 2 is 1.74 bits per heavy atom. The van der Waals surface area contributed by atoms with E-state index in [2.05, 4.69) is 14.5 Å². The minimum atomic E-state index is -1.13. The van der Waals surface area contributed by atoms with Crippen molar-refractivity contribution < 1.29 is 34.0 Å². The van der Waals surface area contributed by atoms with Crippen LogP contribution in [0.1, 0.15) is 44.9 Å². The molecule has 7 heteroatoms. The van der Waals surface area contributed by atoms with E-state index < -0.39 is 18.1 Å². The Bertz CT molecular complexity index is 320. The molecule has 1 aliphatic rings. The maximum atomic E-state index is 11.5. The van der Waals surface area contributed by atoms with Crippen molar-refractivity contribution in [3.8, 4) is 0 Å². The van der Waals surface area contributed by atoms with Gasteiger partial charge in [0.25, 0.3) is 0 Å². The molecule has 0 aromatic carbocycles. The van der Waals surface area contributed by atoms with Crippen molar-refractivity contribution in [1.82, 2.24) is 0 Å². The molecule has 0 aromatic heterocycles. The van der Waals surface area contributed by atoms with Gasteiger partial charge in [-0.3, -0.25) is 4.79 Å². The highest BCUT2D eigenvalue weighted by molar-refractivity contribution is 5.73. The van der Waals surface area contributed by atoms with Crippen molar-refractivity contribution in [2.24, 2.45) is 5.92 Å². The van der Waals surface area contributed by atoms with Gasteiger partial charge in [-0.15, -0.1) is 0 Å². The van der Waals surface area contributed by atoms with Crippen LogP contribution in [0.15, 0.2) is 0 Å². The van der Waals surface area contributed by atoms with Crippen molar-refractivity contribution in [3.05, 3.63) is 0 Å². The Balaban J connectivity index is 2.08. The molecule has 1 saturated carbocycles. The molecular weight excluding hydrogens is 256 g/mol. The molecule has 0 aromatic rings. The SMILES string of the molecule is O=C(O)CCCOC(=O)OOC(=O)C1CCCCC1. The third-order valence-electron chi connectivity index (χ3n) is 2.89. The molecule has 0 saturated heterocycles. The van der Waals surface area contributed by atoms with Crippen LogP contribution in [-0.4, -0.2) is 29.8 Å². The first kappa shape index (κ1) is 15.3. The lowest BCUT2D eigenvalue weighted by molar-refractivity contribution is -0.248. The second kappa shape index (κ2) is 8.34. The molecule has 19 heavy (non-hydrogen) atoms. The molecular formula is C12H18O7. The van der Waals surface area contributed by atoms with Gasteiger partial charge in [0.2, 0.25) is 0 Å². The van der Waals surface area contributed by atoms with Crippen LogP contribution in [0.3, 0.4) is 0 Å². The summed E-state index contributed by atoms with van der Waals surface area (Å²) in [6.07, 6.45) is 3.49. The smallest absolute Gasteiger partial charge is 0.481 e. The monoisotopic (exact) mass is 274 g/mol. The van der Waals surface area contributed by atoms with Gasteiger partial charge in [0.1, 0.15) is 0 Å². The molecule has 0 spiro atoms. The highest BCUT2D eigenvalue weighted by atomic mass is 17.2. The maximum absolute atomic E-state index is 11.5. The third kappa shape index (κ3) is 6.64. The van der Waals surface area contributed by atoms with Crippen LogP contribution in [0.4, 0.5) is 4.79 Å². The number of ether oxygens (including phenoxy) is 1. The molecule has 1 aliphatic carbocycles. The van der Waals surface area contributed by atoms with Crippen LogP contribution in [-0.2, 0) is 24.1 Å². The molecule has 0 radical (unpaired) electrons. The highest BCUT2D eigenvalue weighted by Gasteiger charge is 2.24.